The van der Waals surface area contributed by atoms with Crippen LogP contribution in [0.5, 0.6) is 5.88 Å². The first-order valence-electron chi connectivity index (χ1n) is 7.41. The van der Waals surface area contributed by atoms with Gasteiger partial charge in [0.1, 0.15) is 0 Å². The number of nitrogens with one attached hydrogen (secondary N) is 1. The highest BCUT2D eigenvalue weighted by Crippen LogP contribution is 2.35. The van der Waals surface area contributed by atoms with Crippen LogP contribution in [0.15, 0.2) is 51.1 Å². The highest BCUT2D eigenvalue weighted by molar-refractivity contribution is 7.17. The van der Waals surface area contributed by atoms with E-state index in [-0.39, 0.29) is 5.88 Å². The predicted octanol–water partition coefficient (Wildman–Crippen LogP) is 4.83. The van der Waals surface area contributed by atoms with E-state index < -0.39 is 0 Å². The molecule has 1 aliphatic rings. The Balaban J connectivity index is 1.64. The summed E-state index contributed by atoms with van der Waals surface area (Å²) in [6.07, 6.45) is 1.69. The van der Waals surface area contributed by atoms with Crippen LogP contribution in [0.25, 0.3) is 21.1 Å². The number of aromatic nitrogens is 2. The van der Waals surface area contributed by atoms with E-state index in [4.69, 9.17) is 0 Å². The standard InChI is InChI=1S/C17H11N5OS/c23-17-11(7-18-10-1-2-12-9(5-10)6-20-22-12)15-13(21-17)3-4-14-16(15)24-8-19-14/h1-5,7-8,21,23H,6H2. The summed E-state index contributed by atoms with van der Waals surface area (Å²) >= 11 is 1.55. The summed E-state index contributed by atoms with van der Waals surface area (Å²) in [6, 6.07) is 9.65. The van der Waals surface area contributed by atoms with Gasteiger partial charge in [-0.25, -0.2) is 4.98 Å². The number of aliphatic imine (C=N–C) groups is 1. The fourth-order valence-electron chi connectivity index (χ4n) is 2.94. The molecule has 0 atom stereocenters. The molecule has 5 rings (SSSR count). The van der Waals surface area contributed by atoms with E-state index in [1.54, 1.807) is 17.6 Å². The number of aromatic hydroxyl groups is 1. The number of hydrogen-bond acceptors (Lipinski definition) is 6. The maximum Gasteiger partial charge on any atom is 0.198 e. The van der Waals surface area contributed by atoms with Crippen LogP contribution in [0, 0.1) is 0 Å². The van der Waals surface area contributed by atoms with Gasteiger partial charge in [0.15, 0.2) is 5.88 Å². The molecule has 2 aromatic heterocycles. The third-order valence-corrected chi connectivity index (χ3v) is 4.96. The largest absolute Gasteiger partial charge is 0.494 e. The molecule has 0 radical (unpaired) electrons. The number of rotatable bonds is 2. The number of azo groups is 1. The Hall–Kier alpha value is -3.06. The number of aromatic amines is 1. The average Bonchev–Trinajstić information content (AvgIpc) is 3.29. The molecule has 1 aliphatic heterocycles. The van der Waals surface area contributed by atoms with Crippen molar-refractivity contribution in [1.82, 2.24) is 9.97 Å². The number of hydrogen-bond donors (Lipinski definition) is 2. The normalized spacial score (nSPS) is 13.5. The maximum atomic E-state index is 10.3. The van der Waals surface area contributed by atoms with E-state index in [9.17, 15) is 5.11 Å². The first-order chi connectivity index (χ1) is 11.8. The smallest absolute Gasteiger partial charge is 0.198 e. The van der Waals surface area contributed by atoms with E-state index in [0.717, 1.165) is 38.1 Å². The molecule has 4 aromatic rings. The molecular weight excluding hydrogens is 322 g/mol. The lowest BCUT2D eigenvalue weighted by Crippen LogP contribution is -1.81. The lowest BCUT2D eigenvalue weighted by Gasteiger charge is -1.98. The van der Waals surface area contributed by atoms with Crippen LogP contribution in [0.1, 0.15) is 11.1 Å². The van der Waals surface area contributed by atoms with Gasteiger partial charge in [0.25, 0.3) is 0 Å². The van der Waals surface area contributed by atoms with Crippen molar-refractivity contribution in [3.05, 3.63) is 47.0 Å². The Morgan fingerprint density at radius 2 is 2.21 bits per heavy atom. The zero-order valence-corrected chi connectivity index (χ0v) is 13.2. The average molecular weight is 333 g/mol. The zero-order chi connectivity index (χ0) is 16.1. The fraction of sp³-hybridized carbons (Fsp3) is 0.0588. The van der Waals surface area contributed by atoms with Crippen LogP contribution in [-0.2, 0) is 6.54 Å². The van der Waals surface area contributed by atoms with E-state index >= 15 is 0 Å². The molecule has 3 heterocycles. The molecule has 2 aromatic carbocycles. The van der Waals surface area contributed by atoms with Gasteiger partial charge in [-0.15, -0.1) is 11.3 Å². The van der Waals surface area contributed by atoms with Crippen molar-refractivity contribution in [1.29, 1.82) is 0 Å². The van der Waals surface area contributed by atoms with Gasteiger partial charge < -0.3 is 10.1 Å². The number of thiazole rings is 1. The van der Waals surface area contributed by atoms with Gasteiger partial charge in [-0.3, -0.25) is 4.99 Å². The number of H-pyrrole nitrogens is 1. The van der Waals surface area contributed by atoms with E-state index in [1.807, 2.05) is 35.8 Å². The molecule has 0 fully saturated rings. The Labute approximate surface area is 140 Å². The highest BCUT2D eigenvalue weighted by Gasteiger charge is 2.14. The summed E-state index contributed by atoms with van der Waals surface area (Å²) in [5, 5.41) is 19.3. The molecule has 2 N–H and O–H groups in total. The molecule has 0 unspecified atom stereocenters. The van der Waals surface area contributed by atoms with Crippen molar-refractivity contribution in [3.63, 3.8) is 0 Å². The van der Waals surface area contributed by atoms with Crippen LogP contribution < -0.4 is 0 Å². The lowest BCUT2D eigenvalue weighted by molar-refractivity contribution is 0.457. The van der Waals surface area contributed by atoms with Crippen LogP contribution in [0.3, 0.4) is 0 Å². The lowest BCUT2D eigenvalue weighted by atomic mass is 10.1. The summed E-state index contributed by atoms with van der Waals surface area (Å²) in [5.41, 5.74) is 7.05. The first-order valence-corrected chi connectivity index (χ1v) is 8.29. The van der Waals surface area contributed by atoms with Crippen LogP contribution >= 0.6 is 11.3 Å². The zero-order valence-electron chi connectivity index (χ0n) is 12.4. The van der Waals surface area contributed by atoms with Gasteiger partial charge in [-0.2, -0.15) is 10.2 Å². The SMILES string of the molecule is Oc1[nH]c2ccc3ncsc3c2c1C=Nc1ccc2c(c1)CN=N2. The Kier molecular flexibility index (Phi) is 2.77. The number of fused-ring (bicyclic) bond motifs is 4. The second kappa shape index (κ2) is 4.97. The summed E-state index contributed by atoms with van der Waals surface area (Å²) in [6.45, 7) is 0.596. The van der Waals surface area contributed by atoms with Gasteiger partial charge in [0.2, 0.25) is 0 Å². The van der Waals surface area contributed by atoms with Gasteiger partial charge in [0, 0.05) is 17.2 Å². The van der Waals surface area contributed by atoms with Gasteiger partial charge in [-0.1, -0.05) is 0 Å². The minimum Gasteiger partial charge on any atom is -0.494 e. The third kappa shape index (κ3) is 1.95. The molecule has 24 heavy (non-hydrogen) atoms. The molecule has 0 aliphatic carbocycles. The Morgan fingerprint density at radius 3 is 3.17 bits per heavy atom. The number of nitrogens with zero attached hydrogens (tertiary/aromatic N) is 4. The molecule has 116 valence electrons. The second-order valence-electron chi connectivity index (χ2n) is 5.55. The van der Waals surface area contributed by atoms with Gasteiger partial charge >= 0.3 is 0 Å². The van der Waals surface area contributed by atoms with Crippen molar-refractivity contribution in [3.8, 4) is 5.88 Å². The highest BCUT2D eigenvalue weighted by atomic mass is 32.1. The van der Waals surface area contributed by atoms with Crippen molar-refractivity contribution in [2.75, 3.05) is 0 Å². The quantitative estimate of drug-likeness (QED) is 0.515. The van der Waals surface area contributed by atoms with Crippen molar-refractivity contribution in [2.24, 2.45) is 15.2 Å². The molecule has 0 spiro atoms. The van der Waals surface area contributed by atoms with Crippen molar-refractivity contribution < 1.29 is 5.11 Å². The van der Waals surface area contributed by atoms with Gasteiger partial charge in [-0.05, 0) is 30.3 Å². The Morgan fingerprint density at radius 1 is 1.25 bits per heavy atom. The first kappa shape index (κ1) is 13.4. The van der Waals surface area contributed by atoms with Crippen LogP contribution in [0.2, 0.25) is 0 Å². The number of benzene rings is 2. The maximum absolute atomic E-state index is 10.3. The molecule has 0 amide bonds. The monoisotopic (exact) mass is 333 g/mol. The predicted molar refractivity (Wildman–Crippen MR) is 95.1 cm³/mol. The van der Waals surface area contributed by atoms with Gasteiger partial charge in [0.05, 0.1) is 44.7 Å². The molecule has 6 nitrogen and oxygen atoms in total. The molecular formula is C17H11N5OS. The molecule has 0 saturated carbocycles. The van der Waals surface area contributed by atoms with Crippen LogP contribution in [-0.4, -0.2) is 21.3 Å². The summed E-state index contributed by atoms with van der Waals surface area (Å²) in [7, 11) is 0. The third-order valence-electron chi connectivity index (χ3n) is 4.10. The van der Waals surface area contributed by atoms with Crippen LogP contribution in [0.4, 0.5) is 11.4 Å². The summed E-state index contributed by atoms with van der Waals surface area (Å²) < 4.78 is 1.04. The Bertz CT molecular complexity index is 1150. The van der Waals surface area contributed by atoms with E-state index in [2.05, 4.69) is 25.2 Å². The fourth-order valence-corrected chi connectivity index (χ4v) is 3.79. The topological polar surface area (TPSA) is 86.0 Å². The molecule has 0 bridgehead atoms. The van der Waals surface area contributed by atoms with E-state index in [0.29, 0.717) is 12.1 Å². The second-order valence-corrected chi connectivity index (χ2v) is 6.40. The summed E-state index contributed by atoms with van der Waals surface area (Å²) in [4.78, 5) is 11.9. The molecule has 7 heteroatoms. The minimum absolute atomic E-state index is 0.112. The minimum atomic E-state index is 0.112. The molecule has 0 saturated heterocycles. The van der Waals surface area contributed by atoms with Crippen molar-refractivity contribution >= 4 is 50.0 Å². The summed E-state index contributed by atoms with van der Waals surface area (Å²) in [5.74, 6) is 0.112. The van der Waals surface area contributed by atoms with E-state index in [1.165, 1.54) is 0 Å². The van der Waals surface area contributed by atoms with Crippen molar-refractivity contribution in [2.45, 2.75) is 6.54 Å².